The molecule has 0 aromatic heterocycles. The molecule has 0 heterocycles. The summed E-state index contributed by atoms with van der Waals surface area (Å²) in [6.45, 7) is 0. The van der Waals surface area contributed by atoms with E-state index in [9.17, 15) is 0 Å². The van der Waals surface area contributed by atoms with Crippen molar-refractivity contribution in [3.63, 3.8) is 0 Å². The summed E-state index contributed by atoms with van der Waals surface area (Å²) in [5.41, 5.74) is 0. The van der Waals surface area contributed by atoms with Gasteiger partial charge >= 0.3 is 105 Å². The number of halogens is 5. The average Bonchev–Trinajstić information content (AvgIpc) is 0.650. The Morgan fingerprint density at radius 2 is 0.667 bits per heavy atom. The minimum absolute atomic E-state index is 1.20. The van der Waals surface area contributed by atoms with Gasteiger partial charge in [0.1, 0.15) is 0 Å². The van der Waals surface area contributed by atoms with E-state index < -0.39 is -5.18 Å². The van der Waals surface area contributed by atoms with Gasteiger partial charge in [-0.3, -0.25) is 0 Å². The molecule has 0 radical (unpaired) electrons. The van der Waals surface area contributed by atoms with Crippen LogP contribution in [0.2, 0.25) is 0 Å². The van der Waals surface area contributed by atoms with Crippen LogP contribution < -0.4 is 0 Å². The standard InChI is InChI=1S/I5P/c1-6(2,3,4)5. The van der Waals surface area contributed by atoms with E-state index in [0.717, 1.165) is 0 Å². The molecule has 6 heteroatoms. The molecule has 0 atom stereocenters. The summed E-state index contributed by atoms with van der Waals surface area (Å²) in [4.78, 5) is 0. The average molecular weight is 665 g/mol. The van der Waals surface area contributed by atoms with E-state index >= 15 is 0 Å². The van der Waals surface area contributed by atoms with Gasteiger partial charge in [-0.25, -0.2) is 0 Å². The molecule has 0 aromatic rings. The first-order valence-corrected chi connectivity index (χ1v) is 17.0. The van der Waals surface area contributed by atoms with E-state index in [1.807, 2.05) is 0 Å². The summed E-state index contributed by atoms with van der Waals surface area (Å²) in [5.74, 6) is 0. The predicted octanol–water partition coefficient (Wildman–Crippen LogP) is 5.29. The van der Waals surface area contributed by atoms with Gasteiger partial charge in [0.25, 0.3) is 0 Å². The third-order valence-corrected chi connectivity index (χ3v) is 0. The third kappa shape index (κ3) is 24.3. The Labute approximate surface area is 102 Å². The van der Waals surface area contributed by atoms with E-state index in [1.165, 1.54) is 0 Å². The normalized spacial score (nSPS) is 19.2. The number of hydrogen-bond acceptors (Lipinski definition) is 0. The summed E-state index contributed by atoms with van der Waals surface area (Å²) in [7, 11) is 0. The van der Waals surface area contributed by atoms with E-state index in [-0.39, 0.29) is 0 Å². The number of hydrogen-bond donors (Lipinski definition) is 0. The molecule has 0 amide bonds. The van der Waals surface area contributed by atoms with Crippen molar-refractivity contribution in [2.75, 3.05) is 0 Å². The SMILES string of the molecule is IP(I)(I)(I)I. The van der Waals surface area contributed by atoms with Crippen molar-refractivity contribution < 1.29 is 0 Å². The summed E-state index contributed by atoms with van der Waals surface area (Å²) in [6, 6.07) is 0. The molecule has 0 aliphatic heterocycles. The van der Waals surface area contributed by atoms with Crippen LogP contribution in [0.4, 0.5) is 0 Å². The van der Waals surface area contributed by atoms with Crippen molar-refractivity contribution in [2.24, 2.45) is 0 Å². The monoisotopic (exact) mass is 665 g/mol. The zero-order chi connectivity index (χ0) is 5.45. The van der Waals surface area contributed by atoms with Crippen LogP contribution in [0, 0.1) is 0 Å². The van der Waals surface area contributed by atoms with Crippen molar-refractivity contribution in [2.45, 2.75) is 0 Å². The van der Waals surface area contributed by atoms with Gasteiger partial charge in [-0.2, -0.15) is 0 Å². The quantitative estimate of drug-likeness (QED) is 0.244. The van der Waals surface area contributed by atoms with Gasteiger partial charge in [-0.05, 0) is 0 Å². The fourth-order valence-electron chi connectivity index (χ4n) is 0. The molecule has 0 nitrogen and oxygen atoms in total. The second-order valence-electron chi connectivity index (χ2n) is 0.639. The van der Waals surface area contributed by atoms with Crippen molar-refractivity contribution in [1.82, 2.24) is 0 Å². The number of rotatable bonds is 0. The summed E-state index contributed by atoms with van der Waals surface area (Å²) >= 11 is 12.4. The maximum absolute atomic E-state index is 2.49. The predicted molar refractivity (Wildman–Crippen MR) is 77.0 cm³/mol. The van der Waals surface area contributed by atoms with Crippen LogP contribution in [-0.2, 0) is 0 Å². The van der Waals surface area contributed by atoms with Crippen LogP contribution >= 0.6 is 105 Å². The molecule has 0 aliphatic rings. The third-order valence-electron chi connectivity index (χ3n) is 0. The van der Waals surface area contributed by atoms with Crippen LogP contribution in [0.3, 0.4) is 0 Å². The summed E-state index contributed by atoms with van der Waals surface area (Å²) < 4.78 is -1.20. The van der Waals surface area contributed by atoms with E-state index in [1.54, 1.807) is 0 Å². The van der Waals surface area contributed by atoms with Gasteiger partial charge < -0.3 is 0 Å². The molecule has 0 N–H and O–H groups in total. The van der Waals surface area contributed by atoms with Crippen molar-refractivity contribution >= 4 is 105 Å². The van der Waals surface area contributed by atoms with Gasteiger partial charge in [-0.1, -0.05) is 0 Å². The van der Waals surface area contributed by atoms with E-state index in [0.29, 0.717) is 0 Å². The van der Waals surface area contributed by atoms with Gasteiger partial charge in [0.15, 0.2) is 0 Å². The first-order chi connectivity index (χ1) is 2.24. The Balaban J connectivity index is 3.73. The first kappa shape index (κ1) is 10.1. The summed E-state index contributed by atoms with van der Waals surface area (Å²) in [6.07, 6.45) is 0. The van der Waals surface area contributed by atoms with Crippen LogP contribution in [0.15, 0.2) is 0 Å². The molecule has 0 unspecified atom stereocenters. The fourth-order valence-corrected chi connectivity index (χ4v) is 0. The topological polar surface area (TPSA) is 0 Å². The van der Waals surface area contributed by atoms with Gasteiger partial charge in [0, 0.05) is 0 Å². The zero-order valence-corrected chi connectivity index (χ0v) is 14.0. The van der Waals surface area contributed by atoms with Gasteiger partial charge in [0.05, 0.1) is 0 Å². The second kappa shape index (κ2) is 2.99. The van der Waals surface area contributed by atoms with Crippen molar-refractivity contribution in [1.29, 1.82) is 0 Å². The minimum atomic E-state index is -1.20. The molecule has 0 bridgehead atoms. The molecular weight excluding hydrogens is 665 g/mol. The van der Waals surface area contributed by atoms with E-state index in [2.05, 4.69) is 110 Å². The molecule has 0 spiro atoms. The zero-order valence-electron chi connectivity index (χ0n) is 2.34. The van der Waals surface area contributed by atoms with Crippen LogP contribution in [-0.4, -0.2) is 0 Å². The Bertz CT molecular complexity index is 37.1. The Kier molecular flexibility index (Phi) is 5.02. The van der Waals surface area contributed by atoms with Crippen molar-refractivity contribution in [3.05, 3.63) is 0 Å². The molecule has 0 aromatic carbocycles. The van der Waals surface area contributed by atoms with Crippen LogP contribution in [0.25, 0.3) is 0 Å². The molecule has 6 heavy (non-hydrogen) atoms. The molecule has 0 fully saturated rings. The van der Waals surface area contributed by atoms with Crippen LogP contribution in [0.1, 0.15) is 0 Å². The maximum atomic E-state index is 2.49. The first-order valence-electron chi connectivity index (χ1n) is 0.845. The fraction of sp³-hybridized carbons (Fsp3) is 0. The Morgan fingerprint density at radius 3 is 0.667 bits per heavy atom. The molecule has 0 aliphatic carbocycles. The summed E-state index contributed by atoms with van der Waals surface area (Å²) in [5, 5.41) is 0. The molecule has 40 valence electrons. The van der Waals surface area contributed by atoms with Gasteiger partial charge in [-0.15, -0.1) is 0 Å². The van der Waals surface area contributed by atoms with Crippen LogP contribution in [0.5, 0.6) is 0 Å². The molecule has 0 rings (SSSR count). The van der Waals surface area contributed by atoms with Gasteiger partial charge in [0.2, 0.25) is 0 Å². The second-order valence-corrected chi connectivity index (χ2v) is 86.2. The Morgan fingerprint density at radius 1 is 0.667 bits per heavy atom. The van der Waals surface area contributed by atoms with Crippen molar-refractivity contribution in [3.8, 4) is 0 Å². The molecular formula is I5P. The molecule has 0 saturated carbocycles. The Hall–Kier alpha value is 4.08. The molecule has 0 saturated heterocycles. The van der Waals surface area contributed by atoms with E-state index in [4.69, 9.17) is 0 Å².